The maximum absolute atomic E-state index is 13.0. The summed E-state index contributed by atoms with van der Waals surface area (Å²) in [5.74, 6) is -1.08. The van der Waals surface area contributed by atoms with Crippen LogP contribution in [-0.2, 0) is 4.74 Å². The molecular weight excluding hydrogens is 456 g/mol. The molecular formula is C23H22N6O4S. The zero-order chi connectivity index (χ0) is 23.7. The SMILES string of the molecule is Cc1ccc2c(cnn2C2CCCCO2)c1NC(=O)c1cnc(Nc2cccc(C(=O)O)n2)s1. The first-order valence-electron chi connectivity index (χ1n) is 10.8. The number of rotatable bonds is 6. The van der Waals surface area contributed by atoms with Crippen LogP contribution in [0.2, 0.25) is 0 Å². The monoisotopic (exact) mass is 478 g/mol. The lowest BCUT2D eigenvalue weighted by Gasteiger charge is -2.23. The number of thiazole rings is 1. The van der Waals surface area contributed by atoms with E-state index >= 15 is 0 Å². The van der Waals surface area contributed by atoms with Gasteiger partial charge in [-0.3, -0.25) is 4.79 Å². The Labute approximate surface area is 198 Å². The number of carboxylic acids is 1. The number of amides is 1. The zero-order valence-electron chi connectivity index (χ0n) is 18.3. The topological polar surface area (TPSA) is 131 Å². The van der Waals surface area contributed by atoms with E-state index in [2.05, 4.69) is 25.7 Å². The van der Waals surface area contributed by atoms with Gasteiger partial charge in [0.25, 0.3) is 5.91 Å². The number of pyridine rings is 1. The Morgan fingerprint density at radius 2 is 2.09 bits per heavy atom. The van der Waals surface area contributed by atoms with Gasteiger partial charge in [-0.05, 0) is 49.9 Å². The number of nitrogens with one attached hydrogen (secondary N) is 2. The van der Waals surface area contributed by atoms with Gasteiger partial charge in [0.15, 0.2) is 17.1 Å². The summed E-state index contributed by atoms with van der Waals surface area (Å²) in [5, 5.41) is 20.9. The second-order valence-corrected chi connectivity index (χ2v) is 8.95. The molecule has 1 fully saturated rings. The third-order valence-electron chi connectivity index (χ3n) is 5.59. The summed E-state index contributed by atoms with van der Waals surface area (Å²) in [4.78, 5) is 32.8. The van der Waals surface area contributed by atoms with Gasteiger partial charge in [-0.15, -0.1) is 0 Å². The Balaban J connectivity index is 1.35. The van der Waals surface area contributed by atoms with Crippen LogP contribution in [-0.4, -0.2) is 43.3 Å². The van der Waals surface area contributed by atoms with Crippen LogP contribution in [0.5, 0.6) is 0 Å². The number of nitrogens with zero attached hydrogens (tertiary/aromatic N) is 4. The van der Waals surface area contributed by atoms with Crippen molar-refractivity contribution in [2.45, 2.75) is 32.4 Å². The summed E-state index contributed by atoms with van der Waals surface area (Å²) >= 11 is 1.15. The molecule has 0 spiro atoms. The van der Waals surface area contributed by atoms with E-state index in [0.717, 1.165) is 53.7 Å². The van der Waals surface area contributed by atoms with E-state index in [9.17, 15) is 9.59 Å². The Bertz CT molecular complexity index is 1380. The summed E-state index contributed by atoms with van der Waals surface area (Å²) in [6.07, 6.45) is 6.20. The van der Waals surface area contributed by atoms with Gasteiger partial charge in [0.05, 0.1) is 23.6 Å². The van der Waals surface area contributed by atoms with E-state index in [4.69, 9.17) is 9.84 Å². The molecule has 1 aromatic carbocycles. The number of fused-ring (bicyclic) bond motifs is 1. The number of hydrogen-bond donors (Lipinski definition) is 3. The zero-order valence-corrected chi connectivity index (χ0v) is 19.1. The number of carbonyl (C=O) groups excluding carboxylic acids is 1. The Morgan fingerprint density at radius 1 is 1.21 bits per heavy atom. The van der Waals surface area contributed by atoms with Gasteiger partial charge in [0.2, 0.25) is 0 Å². The molecule has 5 rings (SSSR count). The average Bonchev–Trinajstić information content (AvgIpc) is 3.49. The molecule has 0 aliphatic carbocycles. The molecule has 1 aliphatic heterocycles. The fourth-order valence-corrected chi connectivity index (χ4v) is 4.61. The number of carbonyl (C=O) groups is 2. The van der Waals surface area contributed by atoms with Crippen molar-refractivity contribution in [2.24, 2.45) is 0 Å². The lowest BCUT2D eigenvalue weighted by Crippen LogP contribution is -2.19. The van der Waals surface area contributed by atoms with Gasteiger partial charge in [-0.1, -0.05) is 23.5 Å². The molecule has 3 N–H and O–H groups in total. The molecule has 10 nitrogen and oxygen atoms in total. The van der Waals surface area contributed by atoms with E-state index < -0.39 is 5.97 Å². The molecule has 0 saturated carbocycles. The quantitative estimate of drug-likeness (QED) is 0.367. The van der Waals surface area contributed by atoms with Crippen molar-refractivity contribution >= 4 is 50.8 Å². The maximum atomic E-state index is 13.0. The molecule has 0 bridgehead atoms. The fraction of sp³-hybridized carbons (Fsp3) is 0.261. The number of aromatic nitrogens is 4. The van der Waals surface area contributed by atoms with Crippen LogP contribution in [0.3, 0.4) is 0 Å². The predicted molar refractivity (Wildman–Crippen MR) is 128 cm³/mol. The van der Waals surface area contributed by atoms with Crippen LogP contribution in [0.15, 0.2) is 42.7 Å². The number of carboxylic acid groups (broad SMARTS) is 1. The van der Waals surface area contributed by atoms with Gasteiger partial charge in [-0.25, -0.2) is 19.4 Å². The van der Waals surface area contributed by atoms with E-state index in [1.54, 1.807) is 18.3 Å². The van der Waals surface area contributed by atoms with E-state index in [-0.39, 0.29) is 17.8 Å². The minimum absolute atomic E-state index is 0.0812. The molecule has 3 aromatic heterocycles. The van der Waals surface area contributed by atoms with Gasteiger partial charge in [0, 0.05) is 12.0 Å². The van der Waals surface area contributed by atoms with E-state index in [1.165, 1.54) is 12.3 Å². The second-order valence-electron chi connectivity index (χ2n) is 7.92. The first-order valence-corrected chi connectivity index (χ1v) is 11.6. The van der Waals surface area contributed by atoms with Crippen LogP contribution in [0.4, 0.5) is 16.6 Å². The molecule has 1 saturated heterocycles. The van der Waals surface area contributed by atoms with E-state index in [1.807, 2.05) is 23.7 Å². The number of aromatic carboxylic acids is 1. The smallest absolute Gasteiger partial charge is 0.354 e. The number of ether oxygens (including phenoxy) is 1. The highest BCUT2D eigenvalue weighted by atomic mass is 32.1. The molecule has 4 heterocycles. The fourth-order valence-electron chi connectivity index (χ4n) is 3.89. The number of hydrogen-bond acceptors (Lipinski definition) is 8. The highest BCUT2D eigenvalue weighted by Gasteiger charge is 2.21. The lowest BCUT2D eigenvalue weighted by atomic mass is 10.1. The molecule has 1 aliphatic rings. The van der Waals surface area contributed by atoms with Crippen molar-refractivity contribution in [3.05, 3.63) is 58.9 Å². The standard InChI is InChI=1S/C23H22N6O4S/c1-13-8-9-16-14(11-25-29(16)19-7-2-3-10-33-19)20(13)28-21(30)17-12-24-23(34-17)27-18-6-4-5-15(26-18)22(31)32/h4-6,8-9,11-12,19H,2-3,7,10H2,1H3,(H,28,30)(H,31,32)(H,24,26,27). The third kappa shape index (κ3) is 4.35. The van der Waals surface area contributed by atoms with Crippen LogP contribution < -0.4 is 10.6 Å². The molecule has 11 heteroatoms. The van der Waals surface area contributed by atoms with E-state index in [0.29, 0.717) is 21.5 Å². The van der Waals surface area contributed by atoms with Gasteiger partial charge < -0.3 is 20.5 Å². The average molecular weight is 479 g/mol. The molecule has 174 valence electrons. The summed E-state index contributed by atoms with van der Waals surface area (Å²) in [6, 6.07) is 8.57. The van der Waals surface area contributed by atoms with Crippen molar-refractivity contribution in [1.82, 2.24) is 19.7 Å². The minimum atomic E-state index is -1.12. The highest BCUT2D eigenvalue weighted by Crippen LogP contribution is 2.32. The van der Waals surface area contributed by atoms with Gasteiger partial charge in [0.1, 0.15) is 10.7 Å². The molecule has 4 aromatic rings. The summed E-state index contributed by atoms with van der Waals surface area (Å²) in [7, 11) is 0. The van der Waals surface area contributed by atoms with Crippen LogP contribution >= 0.6 is 11.3 Å². The van der Waals surface area contributed by atoms with Gasteiger partial charge >= 0.3 is 5.97 Å². The maximum Gasteiger partial charge on any atom is 0.354 e. The Kier molecular flexibility index (Phi) is 5.95. The molecule has 34 heavy (non-hydrogen) atoms. The summed E-state index contributed by atoms with van der Waals surface area (Å²) in [5.41, 5.74) is 2.44. The minimum Gasteiger partial charge on any atom is -0.477 e. The molecule has 0 radical (unpaired) electrons. The predicted octanol–water partition coefficient (Wildman–Crippen LogP) is 4.59. The number of aryl methyl sites for hydroxylation is 1. The number of benzene rings is 1. The first-order chi connectivity index (χ1) is 16.5. The van der Waals surface area contributed by atoms with Crippen molar-refractivity contribution in [3.63, 3.8) is 0 Å². The van der Waals surface area contributed by atoms with Crippen LogP contribution in [0.25, 0.3) is 10.9 Å². The Morgan fingerprint density at radius 3 is 2.88 bits per heavy atom. The molecule has 1 atom stereocenters. The number of anilines is 3. The third-order valence-corrected chi connectivity index (χ3v) is 6.50. The largest absolute Gasteiger partial charge is 0.477 e. The van der Waals surface area contributed by atoms with Gasteiger partial charge in [-0.2, -0.15) is 5.10 Å². The molecule has 1 amide bonds. The van der Waals surface area contributed by atoms with Crippen LogP contribution in [0.1, 0.15) is 51.2 Å². The summed E-state index contributed by atoms with van der Waals surface area (Å²) < 4.78 is 7.77. The molecule has 1 unspecified atom stereocenters. The Hall–Kier alpha value is -3.83. The van der Waals surface area contributed by atoms with Crippen molar-refractivity contribution in [3.8, 4) is 0 Å². The van der Waals surface area contributed by atoms with Crippen LogP contribution in [0, 0.1) is 6.92 Å². The lowest BCUT2D eigenvalue weighted by molar-refractivity contribution is -0.0366. The van der Waals surface area contributed by atoms with Crippen molar-refractivity contribution in [2.75, 3.05) is 17.2 Å². The normalized spacial score (nSPS) is 15.9. The second kappa shape index (κ2) is 9.20. The van der Waals surface area contributed by atoms with Crippen molar-refractivity contribution in [1.29, 1.82) is 0 Å². The first kappa shape index (κ1) is 22.0. The van der Waals surface area contributed by atoms with Crippen molar-refractivity contribution < 1.29 is 19.4 Å². The highest BCUT2D eigenvalue weighted by molar-refractivity contribution is 7.17. The summed E-state index contributed by atoms with van der Waals surface area (Å²) in [6.45, 7) is 2.66.